The first-order valence-corrected chi connectivity index (χ1v) is 6.87. The van der Waals surface area contributed by atoms with Crippen LogP contribution in [0.15, 0.2) is 24.4 Å². The highest BCUT2D eigenvalue weighted by Gasteiger charge is 2.23. The maximum Gasteiger partial charge on any atom is 0.0447 e. The van der Waals surface area contributed by atoms with E-state index in [1.807, 2.05) is 18.3 Å². The molecule has 2 atom stereocenters. The number of aromatic nitrogens is 1. The molecule has 0 saturated carbocycles. The highest BCUT2D eigenvalue weighted by Crippen LogP contribution is 2.26. The Morgan fingerprint density at radius 2 is 1.82 bits per heavy atom. The van der Waals surface area contributed by atoms with Crippen molar-refractivity contribution in [2.45, 2.75) is 58.4 Å². The van der Waals surface area contributed by atoms with E-state index in [4.69, 9.17) is 5.73 Å². The van der Waals surface area contributed by atoms with Crippen LogP contribution in [0.1, 0.15) is 58.1 Å². The number of hydrogen-bond donors (Lipinski definition) is 1. The van der Waals surface area contributed by atoms with Gasteiger partial charge in [0.2, 0.25) is 0 Å². The molecule has 1 rings (SSSR count). The van der Waals surface area contributed by atoms with Crippen LogP contribution in [0.5, 0.6) is 0 Å². The molecule has 1 aromatic heterocycles. The Kier molecular flexibility index (Phi) is 6.20. The van der Waals surface area contributed by atoms with E-state index in [1.54, 1.807) is 0 Å². The van der Waals surface area contributed by atoms with Crippen molar-refractivity contribution in [2.24, 2.45) is 11.7 Å². The Hall–Kier alpha value is -0.890. The molecule has 0 aliphatic rings. The molecule has 1 heterocycles. The Morgan fingerprint density at radius 3 is 2.29 bits per heavy atom. The quantitative estimate of drug-likeness (QED) is 0.780. The molecular formula is C15H26N2. The summed E-state index contributed by atoms with van der Waals surface area (Å²) in [6, 6.07) is 6.31. The van der Waals surface area contributed by atoms with Gasteiger partial charge in [-0.3, -0.25) is 4.98 Å². The van der Waals surface area contributed by atoms with Crippen LogP contribution in [0.4, 0.5) is 0 Å². The van der Waals surface area contributed by atoms with Gasteiger partial charge in [0.25, 0.3) is 0 Å². The van der Waals surface area contributed by atoms with E-state index < -0.39 is 0 Å². The number of hydrogen-bond acceptors (Lipinski definition) is 2. The van der Waals surface area contributed by atoms with Crippen molar-refractivity contribution in [3.63, 3.8) is 0 Å². The summed E-state index contributed by atoms with van der Waals surface area (Å²) in [4.78, 5) is 4.42. The molecule has 2 nitrogen and oxygen atoms in total. The molecule has 0 radical (unpaired) electrons. The predicted molar refractivity (Wildman–Crippen MR) is 73.9 cm³/mol. The third-order valence-corrected chi connectivity index (χ3v) is 3.59. The lowest BCUT2D eigenvalue weighted by Gasteiger charge is -2.28. The van der Waals surface area contributed by atoms with E-state index in [2.05, 4.69) is 31.8 Å². The van der Waals surface area contributed by atoms with E-state index in [0.717, 1.165) is 5.69 Å². The lowest BCUT2D eigenvalue weighted by atomic mass is 9.82. The smallest absolute Gasteiger partial charge is 0.0447 e. The Bertz CT molecular complexity index is 291. The lowest BCUT2D eigenvalue weighted by molar-refractivity contribution is 0.328. The van der Waals surface area contributed by atoms with Gasteiger partial charge in [0.1, 0.15) is 0 Å². The second kappa shape index (κ2) is 7.44. The fraction of sp³-hybridized carbons (Fsp3) is 0.667. The molecule has 96 valence electrons. The minimum absolute atomic E-state index is 0.227. The van der Waals surface area contributed by atoms with Gasteiger partial charge >= 0.3 is 0 Å². The number of rotatable bonds is 7. The lowest BCUT2D eigenvalue weighted by Crippen LogP contribution is -2.35. The van der Waals surface area contributed by atoms with E-state index in [9.17, 15) is 0 Å². The van der Waals surface area contributed by atoms with E-state index in [-0.39, 0.29) is 6.04 Å². The summed E-state index contributed by atoms with van der Waals surface area (Å²) in [5.41, 5.74) is 7.55. The first-order chi connectivity index (χ1) is 8.20. The molecule has 0 aromatic carbocycles. The maximum atomic E-state index is 6.43. The molecule has 0 bridgehead atoms. The first kappa shape index (κ1) is 14.2. The monoisotopic (exact) mass is 234 g/mol. The second-order valence-electron chi connectivity index (χ2n) is 4.96. The number of nitrogens with two attached hydrogens (primary N) is 1. The molecule has 0 saturated heterocycles. The zero-order valence-electron chi connectivity index (χ0n) is 11.4. The van der Waals surface area contributed by atoms with Crippen molar-refractivity contribution in [3.8, 4) is 0 Å². The SMILES string of the molecule is CCCC(CCC)C(N)C(C)c1ccccn1. The minimum Gasteiger partial charge on any atom is -0.327 e. The highest BCUT2D eigenvalue weighted by molar-refractivity contribution is 5.11. The van der Waals surface area contributed by atoms with Crippen molar-refractivity contribution in [2.75, 3.05) is 0 Å². The molecule has 17 heavy (non-hydrogen) atoms. The van der Waals surface area contributed by atoms with Gasteiger partial charge in [-0.1, -0.05) is 39.7 Å². The van der Waals surface area contributed by atoms with Crippen LogP contribution >= 0.6 is 0 Å². The van der Waals surface area contributed by atoms with E-state index in [0.29, 0.717) is 11.8 Å². The van der Waals surface area contributed by atoms with Gasteiger partial charge in [-0.25, -0.2) is 0 Å². The molecule has 1 aromatic rings. The molecule has 2 N–H and O–H groups in total. The largest absolute Gasteiger partial charge is 0.327 e. The van der Waals surface area contributed by atoms with Gasteiger partial charge in [0.05, 0.1) is 0 Å². The van der Waals surface area contributed by atoms with Crippen LogP contribution in [-0.4, -0.2) is 11.0 Å². The maximum absolute atomic E-state index is 6.43. The van der Waals surface area contributed by atoms with Gasteiger partial charge in [0, 0.05) is 23.9 Å². The third-order valence-electron chi connectivity index (χ3n) is 3.59. The van der Waals surface area contributed by atoms with E-state index in [1.165, 1.54) is 25.7 Å². The van der Waals surface area contributed by atoms with Crippen molar-refractivity contribution in [1.82, 2.24) is 4.98 Å². The molecule has 0 aliphatic carbocycles. The molecule has 0 aliphatic heterocycles. The van der Waals surface area contributed by atoms with Crippen LogP contribution in [0.2, 0.25) is 0 Å². The van der Waals surface area contributed by atoms with Crippen molar-refractivity contribution in [3.05, 3.63) is 30.1 Å². The summed E-state index contributed by atoms with van der Waals surface area (Å²) in [5.74, 6) is 0.973. The average molecular weight is 234 g/mol. The standard InChI is InChI=1S/C15H26N2/c1-4-8-13(9-5-2)15(16)12(3)14-10-6-7-11-17-14/h6-7,10-13,15H,4-5,8-9,16H2,1-3H3. The van der Waals surface area contributed by atoms with Crippen molar-refractivity contribution < 1.29 is 0 Å². The van der Waals surface area contributed by atoms with Gasteiger partial charge < -0.3 is 5.73 Å². The van der Waals surface area contributed by atoms with Crippen LogP contribution in [0, 0.1) is 5.92 Å². The predicted octanol–water partition coefficient (Wildman–Crippen LogP) is 3.73. The summed E-state index contributed by atoms with van der Waals surface area (Å²) in [6.45, 7) is 6.67. The molecule has 2 unspecified atom stereocenters. The van der Waals surface area contributed by atoms with Crippen LogP contribution in [0.3, 0.4) is 0 Å². The number of pyridine rings is 1. The molecule has 2 heteroatoms. The zero-order chi connectivity index (χ0) is 12.7. The van der Waals surface area contributed by atoms with Crippen molar-refractivity contribution in [1.29, 1.82) is 0 Å². The molecule has 0 amide bonds. The fourth-order valence-electron chi connectivity index (χ4n) is 2.52. The van der Waals surface area contributed by atoms with Gasteiger partial charge in [-0.2, -0.15) is 0 Å². The Balaban J connectivity index is 2.69. The summed E-state index contributed by atoms with van der Waals surface area (Å²) >= 11 is 0. The van der Waals surface area contributed by atoms with Gasteiger partial charge in [-0.15, -0.1) is 0 Å². The average Bonchev–Trinajstić information content (AvgIpc) is 2.38. The summed E-state index contributed by atoms with van der Waals surface area (Å²) in [5, 5.41) is 0. The van der Waals surface area contributed by atoms with Crippen LogP contribution in [0.25, 0.3) is 0 Å². The zero-order valence-corrected chi connectivity index (χ0v) is 11.4. The minimum atomic E-state index is 0.227. The first-order valence-electron chi connectivity index (χ1n) is 6.87. The number of nitrogens with zero attached hydrogens (tertiary/aromatic N) is 1. The highest BCUT2D eigenvalue weighted by atomic mass is 14.7. The van der Waals surface area contributed by atoms with Crippen LogP contribution in [-0.2, 0) is 0 Å². The molecular weight excluding hydrogens is 208 g/mol. The van der Waals surface area contributed by atoms with Gasteiger partial charge in [0.15, 0.2) is 0 Å². The summed E-state index contributed by atoms with van der Waals surface area (Å²) in [6.07, 6.45) is 6.74. The second-order valence-corrected chi connectivity index (χ2v) is 4.96. The van der Waals surface area contributed by atoms with E-state index >= 15 is 0 Å². The normalized spacial score (nSPS) is 14.9. The van der Waals surface area contributed by atoms with Crippen LogP contribution < -0.4 is 5.73 Å². The summed E-state index contributed by atoms with van der Waals surface area (Å²) < 4.78 is 0. The summed E-state index contributed by atoms with van der Waals surface area (Å²) in [7, 11) is 0. The molecule has 0 spiro atoms. The molecule has 0 fully saturated rings. The fourth-order valence-corrected chi connectivity index (χ4v) is 2.52. The Labute approximate surface area is 106 Å². The third kappa shape index (κ3) is 4.12. The topological polar surface area (TPSA) is 38.9 Å². The Morgan fingerprint density at radius 1 is 1.18 bits per heavy atom. The van der Waals surface area contributed by atoms with Crippen molar-refractivity contribution >= 4 is 0 Å². The van der Waals surface area contributed by atoms with Gasteiger partial charge in [-0.05, 0) is 30.9 Å².